The lowest BCUT2D eigenvalue weighted by Gasteiger charge is -2.57. The minimum atomic E-state index is -2.79. The molecule has 3 unspecified atom stereocenters. The second-order valence-corrected chi connectivity index (χ2v) is 21.9. The third kappa shape index (κ3) is 9.55. The monoisotopic (exact) mass is 564 g/mol. The van der Waals surface area contributed by atoms with E-state index in [4.69, 9.17) is 26.6 Å². The van der Waals surface area contributed by atoms with Gasteiger partial charge in [-0.25, -0.2) is 0 Å². The largest absolute Gasteiger partial charge is 0.412 e. The van der Waals surface area contributed by atoms with Crippen LogP contribution in [-0.2, 0) is 26.6 Å². The maximum atomic E-state index is 7.37. The number of ether oxygens (including phenoxy) is 3. The van der Waals surface area contributed by atoms with E-state index in [1.54, 1.807) is 0 Å². The molecule has 216 valence electrons. The molecule has 1 rings (SSSR count). The number of rotatable bonds is 21. The minimum absolute atomic E-state index is 0.0500. The Morgan fingerprint density at radius 2 is 0.694 bits per heavy atom. The van der Waals surface area contributed by atoms with Gasteiger partial charge in [-0.15, -0.1) is 0 Å². The van der Waals surface area contributed by atoms with E-state index in [0.29, 0.717) is 0 Å². The van der Waals surface area contributed by atoms with Crippen molar-refractivity contribution in [3.8, 4) is 0 Å². The van der Waals surface area contributed by atoms with Gasteiger partial charge in [-0.2, -0.15) is 0 Å². The molecule has 36 heavy (non-hydrogen) atoms. The zero-order valence-corrected chi connectivity index (χ0v) is 28.3. The first-order valence-corrected chi connectivity index (χ1v) is 21.5. The maximum absolute atomic E-state index is 7.37. The summed E-state index contributed by atoms with van der Waals surface area (Å²) in [5, 5.41) is 0. The van der Waals surface area contributed by atoms with Crippen LogP contribution >= 0.6 is 0 Å². The molecule has 0 amide bonds. The van der Waals surface area contributed by atoms with Crippen LogP contribution in [0.3, 0.4) is 0 Å². The lowest BCUT2D eigenvalue weighted by atomic mass is 10.4. The molecule has 1 saturated heterocycles. The third-order valence-electron chi connectivity index (χ3n) is 7.29. The Hall–Kier alpha value is 0.411. The van der Waals surface area contributed by atoms with Gasteiger partial charge in [0.05, 0.1) is 17.2 Å². The van der Waals surface area contributed by atoms with E-state index in [1.165, 1.54) is 0 Å². The summed E-state index contributed by atoms with van der Waals surface area (Å²) < 4.78 is 41.6. The van der Waals surface area contributed by atoms with Crippen molar-refractivity contribution in [3.05, 3.63) is 0 Å². The summed E-state index contributed by atoms with van der Waals surface area (Å²) in [4.78, 5) is 0. The fraction of sp³-hybridized carbons (Fsp3) is 1.00. The molecule has 6 nitrogen and oxygen atoms in total. The van der Waals surface area contributed by atoms with Crippen molar-refractivity contribution in [2.45, 2.75) is 155 Å². The summed E-state index contributed by atoms with van der Waals surface area (Å²) in [6.45, 7) is 22.2. The standard InChI is InChI=1S/C27H60O6Si3/c1-10-16-19-28-25(7)34(22-13-4)31-35(23-14-5,26(8)29-20-17-11-2)33-36(32-34,24-15-6)27(9)30-21-18-12-3/h25-27H,10-24H2,1-9H3. The van der Waals surface area contributed by atoms with Crippen molar-refractivity contribution in [3.63, 3.8) is 0 Å². The quantitative estimate of drug-likeness (QED) is 0.105. The van der Waals surface area contributed by atoms with E-state index in [0.717, 1.165) is 95.7 Å². The Morgan fingerprint density at radius 3 is 0.889 bits per heavy atom. The molecule has 1 aliphatic heterocycles. The highest BCUT2D eigenvalue weighted by atomic mass is 28.5. The average Bonchev–Trinajstić information content (AvgIpc) is 2.84. The molecule has 0 saturated carbocycles. The molecular weight excluding hydrogens is 505 g/mol. The third-order valence-corrected chi connectivity index (χ3v) is 23.4. The van der Waals surface area contributed by atoms with Crippen LogP contribution in [0.25, 0.3) is 0 Å². The number of hydrogen-bond acceptors (Lipinski definition) is 6. The van der Waals surface area contributed by atoms with Gasteiger partial charge in [0.15, 0.2) is 0 Å². The van der Waals surface area contributed by atoms with Crippen molar-refractivity contribution in [2.24, 2.45) is 0 Å². The molecule has 0 bridgehead atoms. The molecule has 1 fully saturated rings. The van der Waals surface area contributed by atoms with Crippen LogP contribution < -0.4 is 0 Å². The second kappa shape index (κ2) is 17.9. The van der Waals surface area contributed by atoms with Gasteiger partial charge in [0.2, 0.25) is 0 Å². The normalized spacial score (nSPS) is 29.2. The molecule has 0 radical (unpaired) electrons. The lowest BCUT2D eigenvalue weighted by molar-refractivity contribution is 0.0256. The molecule has 0 aliphatic carbocycles. The van der Waals surface area contributed by atoms with Gasteiger partial charge in [0.25, 0.3) is 0 Å². The predicted octanol–water partition coefficient (Wildman–Crippen LogP) is 7.84. The summed E-state index contributed by atoms with van der Waals surface area (Å²) >= 11 is 0. The van der Waals surface area contributed by atoms with Gasteiger partial charge in [0, 0.05) is 19.8 Å². The molecule has 0 spiro atoms. The molecule has 0 aromatic heterocycles. The van der Waals surface area contributed by atoms with Gasteiger partial charge < -0.3 is 26.6 Å². The highest BCUT2D eigenvalue weighted by molar-refractivity contribution is 6.95. The topological polar surface area (TPSA) is 55.4 Å². The zero-order chi connectivity index (χ0) is 27.1. The molecule has 1 aliphatic rings. The van der Waals surface area contributed by atoms with E-state index in [2.05, 4.69) is 62.3 Å². The predicted molar refractivity (Wildman–Crippen MR) is 157 cm³/mol. The Morgan fingerprint density at radius 1 is 0.444 bits per heavy atom. The van der Waals surface area contributed by atoms with Crippen LogP contribution in [0.15, 0.2) is 0 Å². The van der Waals surface area contributed by atoms with Crippen molar-refractivity contribution in [1.29, 1.82) is 0 Å². The summed E-state index contributed by atoms with van der Waals surface area (Å²) in [6, 6.07) is 2.76. The molecule has 3 atom stereocenters. The molecule has 9 heteroatoms. The molecule has 0 aromatic rings. The Bertz CT molecular complexity index is 486. The summed E-state index contributed by atoms with van der Waals surface area (Å²) in [7, 11) is -8.36. The van der Waals surface area contributed by atoms with Gasteiger partial charge >= 0.3 is 25.7 Å². The van der Waals surface area contributed by atoms with E-state index < -0.39 is 25.7 Å². The minimum Gasteiger partial charge on any atom is -0.412 e. The first-order valence-electron chi connectivity index (χ1n) is 15.2. The van der Waals surface area contributed by atoms with Crippen molar-refractivity contribution in [1.82, 2.24) is 0 Å². The highest BCUT2D eigenvalue weighted by Crippen LogP contribution is 2.44. The van der Waals surface area contributed by atoms with Crippen molar-refractivity contribution in [2.75, 3.05) is 19.8 Å². The van der Waals surface area contributed by atoms with Gasteiger partial charge in [-0.05, 0) is 58.2 Å². The Balaban J connectivity index is 3.58. The maximum Gasteiger partial charge on any atom is 0.350 e. The van der Waals surface area contributed by atoms with Crippen molar-refractivity contribution < 1.29 is 26.6 Å². The van der Waals surface area contributed by atoms with Crippen molar-refractivity contribution >= 4 is 25.7 Å². The van der Waals surface area contributed by atoms with E-state index in [1.807, 2.05) is 0 Å². The summed E-state index contributed by atoms with van der Waals surface area (Å²) in [5.41, 5.74) is -0.150. The first-order chi connectivity index (χ1) is 17.2. The molecular formula is C27H60O6Si3. The van der Waals surface area contributed by atoms with Crippen LogP contribution in [0.2, 0.25) is 18.1 Å². The van der Waals surface area contributed by atoms with Crippen LogP contribution in [0.5, 0.6) is 0 Å². The van der Waals surface area contributed by atoms with Crippen LogP contribution in [-0.4, -0.2) is 62.7 Å². The average molecular weight is 565 g/mol. The van der Waals surface area contributed by atoms with Crippen LogP contribution in [0.1, 0.15) is 120 Å². The smallest absolute Gasteiger partial charge is 0.350 e. The first kappa shape index (κ1) is 34.4. The fourth-order valence-electron chi connectivity index (χ4n) is 4.99. The van der Waals surface area contributed by atoms with E-state index in [9.17, 15) is 0 Å². The molecule has 0 aromatic carbocycles. The van der Waals surface area contributed by atoms with Crippen LogP contribution in [0, 0.1) is 0 Å². The summed E-state index contributed by atoms with van der Waals surface area (Å²) in [5.74, 6) is 0. The second-order valence-electron chi connectivity index (χ2n) is 10.6. The highest BCUT2D eigenvalue weighted by Gasteiger charge is 2.67. The fourth-order valence-corrected chi connectivity index (χ4v) is 24.5. The number of unbranched alkanes of at least 4 members (excludes halogenated alkanes) is 3. The van der Waals surface area contributed by atoms with Gasteiger partial charge in [-0.1, -0.05) is 80.1 Å². The lowest BCUT2D eigenvalue weighted by Crippen LogP contribution is -2.79. The summed E-state index contributed by atoms with van der Waals surface area (Å²) in [6.07, 6.45) is 9.55. The Kier molecular flexibility index (Phi) is 17.1. The van der Waals surface area contributed by atoms with E-state index >= 15 is 0 Å². The molecule has 0 N–H and O–H groups in total. The molecule has 1 heterocycles. The van der Waals surface area contributed by atoms with Gasteiger partial charge in [-0.3, -0.25) is 0 Å². The number of hydrogen-bond donors (Lipinski definition) is 0. The van der Waals surface area contributed by atoms with Crippen LogP contribution in [0.4, 0.5) is 0 Å². The van der Waals surface area contributed by atoms with E-state index in [-0.39, 0.29) is 17.2 Å². The zero-order valence-electron chi connectivity index (χ0n) is 25.3. The SMILES string of the molecule is CCCCOC(C)[Si]1(CCC)O[Si](CCC)(C(C)OCCCC)O[Si](CCC)(C(C)OCCCC)O1. The van der Waals surface area contributed by atoms with Gasteiger partial charge in [0.1, 0.15) is 0 Å². The Labute approximate surface area is 227 Å².